The second-order valence-electron chi connectivity index (χ2n) is 10.8. The third-order valence-electron chi connectivity index (χ3n) is 9.58. The highest BCUT2D eigenvalue weighted by atomic mass is 16.3. The van der Waals surface area contributed by atoms with Crippen LogP contribution in [0.2, 0.25) is 0 Å². The normalized spacial score (nSPS) is 46.2. The third kappa shape index (κ3) is 2.60. The van der Waals surface area contributed by atoms with E-state index in [-0.39, 0.29) is 6.10 Å². The van der Waals surface area contributed by atoms with Gasteiger partial charge in [-0.15, -0.1) is 0 Å². The van der Waals surface area contributed by atoms with Gasteiger partial charge >= 0.3 is 0 Å². The molecule has 3 fully saturated rings. The molecule has 1 aromatic rings. The molecule has 0 radical (unpaired) electrons. The van der Waals surface area contributed by atoms with E-state index in [0.29, 0.717) is 10.8 Å². The van der Waals surface area contributed by atoms with E-state index in [1.807, 2.05) is 0 Å². The molecule has 0 aliphatic heterocycles. The van der Waals surface area contributed by atoms with Crippen LogP contribution in [0.4, 0.5) is 0 Å². The van der Waals surface area contributed by atoms with Crippen molar-refractivity contribution in [2.24, 2.45) is 34.5 Å². The summed E-state index contributed by atoms with van der Waals surface area (Å²) >= 11 is 0. The highest BCUT2D eigenvalue weighted by molar-refractivity contribution is 5.73. The SMILES string of the molecule is Cc1ccc(C2=CC[C@H]3[C@@H]4CC[C@H]5C[C@@H](O)CC[C@]5(C)[C@H]4CC[C@]23C)cc1. The van der Waals surface area contributed by atoms with E-state index in [2.05, 4.69) is 51.1 Å². The van der Waals surface area contributed by atoms with E-state index in [0.717, 1.165) is 36.5 Å². The fraction of sp³-hybridized carbons (Fsp3) is 0.692. The topological polar surface area (TPSA) is 20.2 Å². The molecule has 146 valence electrons. The Morgan fingerprint density at radius 2 is 1.70 bits per heavy atom. The zero-order valence-corrected chi connectivity index (χ0v) is 17.4. The fourth-order valence-electron chi connectivity index (χ4n) is 7.98. The van der Waals surface area contributed by atoms with E-state index >= 15 is 0 Å². The Morgan fingerprint density at radius 3 is 2.48 bits per heavy atom. The van der Waals surface area contributed by atoms with Crippen molar-refractivity contribution >= 4 is 5.57 Å². The minimum atomic E-state index is -0.0326. The monoisotopic (exact) mass is 364 g/mol. The summed E-state index contributed by atoms with van der Waals surface area (Å²) in [5, 5.41) is 10.2. The number of aryl methyl sites for hydroxylation is 1. The number of hydrogen-bond donors (Lipinski definition) is 1. The molecule has 5 rings (SSSR count). The molecule has 0 heterocycles. The Labute approximate surface area is 165 Å². The van der Waals surface area contributed by atoms with Crippen LogP contribution >= 0.6 is 0 Å². The van der Waals surface area contributed by atoms with Crippen molar-refractivity contribution in [1.29, 1.82) is 0 Å². The van der Waals surface area contributed by atoms with Crippen LogP contribution in [0.5, 0.6) is 0 Å². The summed E-state index contributed by atoms with van der Waals surface area (Å²) in [5.74, 6) is 3.36. The van der Waals surface area contributed by atoms with Gasteiger partial charge in [-0.25, -0.2) is 0 Å². The highest BCUT2D eigenvalue weighted by Gasteiger charge is 2.58. The minimum Gasteiger partial charge on any atom is -0.393 e. The van der Waals surface area contributed by atoms with Crippen molar-refractivity contribution in [2.45, 2.75) is 78.2 Å². The number of hydrogen-bond acceptors (Lipinski definition) is 1. The Kier molecular flexibility index (Phi) is 4.14. The largest absolute Gasteiger partial charge is 0.393 e. The summed E-state index contributed by atoms with van der Waals surface area (Å²) in [5.41, 5.74) is 5.31. The molecule has 0 unspecified atom stereocenters. The van der Waals surface area contributed by atoms with Crippen molar-refractivity contribution in [2.75, 3.05) is 0 Å². The maximum atomic E-state index is 10.2. The Morgan fingerprint density at radius 1 is 0.926 bits per heavy atom. The first kappa shape index (κ1) is 18.0. The van der Waals surface area contributed by atoms with Crippen LogP contribution in [0, 0.1) is 41.4 Å². The van der Waals surface area contributed by atoms with Crippen LogP contribution in [0.15, 0.2) is 30.3 Å². The summed E-state index contributed by atoms with van der Waals surface area (Å²) in [4.78, 5) is 0. The summed E-state index contributed by atoms with van der Waals surface area (Å²) in [6.07, 6.45) is 12.7. The zero-order chi connectivity index (χ0) is 18.8. The van der Waals surface area contributed by atoms with Crippen LogP contribution in [-0.2, 0) is 0 Å². The minimum absolute atomic E-state index is 0.0326. The lowest BCUT2D eigenvalue weighted by molar-refractivity contribution is -0.115. The first-order chi connectivity index (χ1) is 12.9. The van der Waals surface area contributed by atoms with Gasteiger partial charge in [-0.3, -0.25) is 0 Å². The number of aliphatic hydroxyl groups excluding tert-OH is 1. The number of benzene rings is 1. The van der Waals surface area contributed by atoms with E-state index in [9.17, 15) is 5.11 Å². The van der Waals surface area contributed by atoms with Crippen LogP contribution in [0.1, 0.15) is 76.3 Å². The van der Waals surface area contributed by atoms with Gasteiger partial charge in [0.15, 0.2) is 0 Å². The van der Waals surface area contributed by atoms with Gasteiger partial charge in [-0.05, 0) is 104 Å². The van der Waals surface area contributed by atoms with E-state index < -0.39 is 0 Å². The number of fused-ring (bicyclic) bond motifs is 5. The van der Waals surface area contributed by atoms with Crippen molar-refractivity contribution in [3.63, 3.8) is 0 Å². The molecule has 0 amide bonds. The predicted octanol–water partition coefficient (Wildman–Crippen LogP) is 6.39. The Balaban J connectivity index is 1.43. The van der Waals surface area contributed by atoms with E-state index in [1.165, 1.54) is 49.7 Å². The molecule has 1 heteroatoms. The molecule has 1 nitrogen and oxygen atoms in total. The molecule has 3 saturated carbocycles. The Hall–Kier alpha value is -1.08. The molecule has 1 aromatic carbocycles. The van der Waals surface area contributed by atoms with E-state index in [4.69, 9.17) is 0 Å². The predicted molar refractivity (Wildman–Crippen MR) is 112 cm³/mol. The maximum Gasteiger partial charge on any atom is 0.0543 e. The molecular formula is C26H36O. The quantitative estimate of drug-likeness (QED) is 0.612. The van der Waals surface area contributed by atoms with Crippen LogP contribution in [-0.4, -0.2) is 11.2 Å². The van der Waals surface area contributed by atoms with Gasteiger partial charge in [0, 0.05) is 0 Å². The molecular weight excluding hydrogens is 328 g/mol. The van der Waals surface area contributed by atoms with Gasteiger partial charge in [0.1, 0.15) is 0 Å². The number of aliphatic hydroxyl groups is 1. The smallest absolute Gasteiger partial charge is 0.0543 e. The van der Waals surface area contributed by atoms with Crippen molar-refractivity contribution in [3.8, 4) is 0 Å². The molecule has 0 aromatic heterocycles. The standard InChI is InChI=1S/C26H36O/c1-17-4-6-18(7-5-17)22-10-11-23-21-9-8-19-16-20(27)12-14-25(19,2)24(21)13-15-26(22,23)3/h4-7,10,19-21,23-24,27H,8-9,11-16H2,1-3H3/t19-,20-,21-,23-,24-,25-,26+/m0/s1. The lowest BCUT2D eigenvalue weighted by Gasteiger charge is -2.60. The molecule has 27 heavy (non-hydrogen) atoms. The molecule has 0 saturated heterocycles. The fourth-order valence-corrected chi connectivity index (χ4v) is 7.98. The third-order valence-corrected chi connectivity index (χ3v) is 9.58. The Bertz CT molecular complexity index is 746. The molecule has 0 spiro atoms. The average molecular weight is 365 g/mol. The van der Waals surface area contributed by atoms with Crippen LogP contribution in [0.25, 0.3) is 5.57 Å². The summed E-state index contributed by atoms with van der Waals surface area (Å²) in [6, 6.07) is 9.25. The van der Waals surface area contributed by atoms with Crippen LogP contribution < -0.4 is 0 Å². The lowest BCUT2D eigenvalue weighted by atomic mass is 9.44. The molecule has 7 atom stereocenters. The van der Waals surface area contributed by atoms with Gasteiger partial charge in [0.2, 0.25) is 0 Å². The van der Waals surface area contributed by atoms with Gasteiger partial charge in [0.05, 0.1) is 6.10 Å². The lowest BCUT2D eigenvalue weighted by Crippen LogP contribution is -2.53. The van der Waals surface area contributed by atoms with E-state index in [1.54, 1.807) is 5.57 Å². The molecule has 4 aliphatic carbocycles. The van der Waals surface area contributed by atoms with Crippen molar-refractivity contribution in [1.82, 2.24) is 0 Å². The second-order valence-corrected chi connectivity index (χ2v) is 10.8. The van der Waals surface area contributed by atoms with Gasteiger partial charge in [0.25, 0.3) is 0 Å². The van der Waals surface area contributed by atoms with Crippen LogP contribution in [0.3, 0.4) is 0 Å². The average Bonchev–Trinajstić information content (AvgIpc) is 3.00. The summed E-state index contributed by atoms with van der Waals surface area (Å²) < 4.78 is 0. The maximum absolute atomic E-state index is 10.2. The summed E-state index contributed by atoms with van der Waals surface area (Å²) in [7, 11) is 0. The van der Waals surface area contributed by atoms with Gasteiger partial charge in [-0.2, -0.15) is 0 Å². The summed E-state index contributed by atoms with van der Waals surface area (Å²) in [6.45, 7) is 7.35. The zero-order valence-electron chi connectivity index (χ0n) is 17.4. The second kappa shape index (κ2) is 6.21. The van der Waals surface area contributed by atoms with Gasteiger partial charge < -0.3 is 5.11 Å². The van der Waals surface area contributed by atoms with Gasteiger partial charge in [-0.1, -0.05) is 49.8 Å². The molecule has 4 aliphatic rings. The molecule has 0 bridgehead atoms. The number of allylic oxidation sites excluding steroid dienone is 2. The highest BCUT2D eigenvalue weighted by Crippen LogP contribution is 2.67. The first-order valence-electron chi connectivity index (χ1n) is 11.4. The first-order valence-corrected chi connectivity index (χ1v) is 11.4. The van der Waals surface area contributed by atoms with Crippen molar-refractivity contribution in [3.05, 3.63) is 41.5 Å². The van der Waals surface area contributed by atoms with Crippen molar-refractivity contribution < 1.29 is 5.11 Å². The molecule has 1 N–H and O–H groups in total. The number of rotatable bonds is 1.